The van der Waals surface area contributed by atoms with Crippen molar-refractivity contribution in [3.63, 3.8) is 0 Å². The molecular weight excluding hydrogens is 467 g/mol. The molecule has 1 saturated heterocycles. The number of rotatable bonds is 5. The van der Waals surface area contributed by atoms with Crippen LogP contribution in [-0.2, 0) is 19.5 Å². The fourth-order valence-corrected chi connectivity index (χ4v) is 5.00. The van der Waals surface area contributed by atoms with E-state index >= 15 is 0 Å². The zero-order valence-corrected chi connectivity index (χ0v) is 19.4. The van der Waals surface area contributed by atoms with Crippen LogP contribution in [0.15, 0.2) is 9.79 Å². The Morgan fingerprint density at radius 1 is 1.18 bits per heavy atom. The molecule has 2 fully saturated rings. The van der Waals surface area contributed by atoms with E-state index < -0.39 is 0 Å². The molecule has 2 atom stereocenters. The van der Waals surface area contributed by atoms with Gasteiger partial charge in [-0.2, -0.15) is 5.10 Å². The predicted molar refractivity (Wildman–Crippen MR) is 122 cm³/mol. The lowest BCUT2D eigenvalue weighted by Gasteiger charge is -2.22. The lowest BCUT2D eigenvalue weighted by atomic mass is 9.82. The molecule has 2 unspecified atom stereocenters. The predicted octanol–water partition coefficient (Wildman–Crippen LogP) is 2.48. The van der Waals surface area contributed by atoms with Crippen LogP contribution in [0, 0.1) is 11.8 Å². The smallest absolute Gasteiger partial charge is 0.345 e. The van der Waals surface area contributed by atoms with Gasteiger partial charge in [0, 0.05) is 45.7 Å². The van der Waals surface area contributed by atoms with Gasteiger partial charge in [-0.1, -0.05) is 12.8 Å². The van der Waals surface area contributed by atoms with Gasteiger partial charge in [0.15, 0.2) is 5.96 Å². The van der Waals surface area contributed by atoms with E-state index in [2.05, 4.69) is 22.2 Å². The Labute approximate surface area is 185 Å². The van der Waals surface area contributed by atoms with Crippen LogP contribution < -0.4 is 11.0 Å². The van der Waals surface area contributed by atoms with Crippen molar-refractivity contribution in [1.29, 1.82) is 0 Å². The maximum Gasteiger partial charge on any atom is 0.345 e. The van der Waals surface area contributed by atoms with Crippen LogP contribution >= 0.6 is 24.0 Å². The highest BCUT2D eigenvalue weighted by Crippen LogP contribution is 2.35. The summed E-state index contributed by atoms with van der Waals surface area (Å²) >= 11 is 0. The maximum atomic E-state index is 12.4. The Hall–Kier alpha value is -1.06. The maximum absolute atomic E-state index is 12.4. The van der Waals surface area contributed by atoms with Crippen LogP contribution in [0.2, 0.25) is 0 Å². The standard InChI is InChI=1S/C20H34N6O.HI/c1-2-21-19(24-14-16-8-3-4-9-17(16)15-24)22-11-7-13-26-20(27)25-12-6-5-10-18(25)23-26;/h16-17H,2-15H2,1H3,(H,21,22);1H. The van der Waals surface area contributed by atoms with E-state index in [0.29, 0.717) is 6.54 Å². The first kappa shape index (κ1) is 21.6. The molecule has 3 heterocycles. The third-order valence-electron chi connectivity index (χ3n) is 6.43. The molecule has 4 rings (SSSR count). The molecule has 158 valence electrons. The van der Waals surface area contributed by atoms with Gasteiger partial charge in [-0.15, -0.1) is 24.0 Å². The number of aromatic nitrogens is 3. The number of halogens is 1. The Kier molecular flexibility index (Phi) is 7.82. The molecule has 1 aromatic rings. The van der Waals surface area contributed by atoms with Crippen molar-refractivity contribution in [3.05, 3.63) is 16.3 Å². The highest BCUT2D eigenvalue weighted by molar-refractivity contribution is 14.0. The summed E-state index contributed by atoms with van der Waals surface area (Å²) in [6.45, 7) is 7.57. The van der Waals surface area contributed by atoms with Gasteiger partial charge in [0.2, 0.25) is 0 Å². The second kappa shape index (κ2) is 10.1. The Balaban J connectivity index is 0.00000225. The molecule has 3 aliphatic rings. The molecule has 1 aromatic heterocycles. The molecule has 0 amide bonds. The van der Waals surface area contributed by atoms with Gasteiger partial charge in [0.1, 0.15) is 5.82 Å². The topological polar surface area (TPSA) is 67.5 Å². The second-order valence-corrected chi connectivity index (χ2v) is 8.33. The number of fused-ring (bicyclic) bond motifs is 2. The summed E-state index contributed by atoms with van der Waals surface area (Å²) < 4.78 is 3.50. The van der Waals surface area contributed by atoms with Crippen LogP contribution in [0.4, 0.5) is 0 Å². The summed E-state index contributed by atoms with van der Waals surface area (Å²) in [5, 5.41) is 7.99. The largest absolute Gasteiger partial charge is 0.357 e. The summed E-state index contributed by atoms with van der Waals surface area (Å²) in [6, 6.07) is 0. The van der Waals surface area contributed by atoms with Crippen LogP contribution in [-0.4, -0.2) is 51.4 Å². The minimum absolute atomic E-state index is 0. The molecule has 2 aliphatic heterocycles. The van der Waals surface area contributed by atoms with Gasteiger partial charge in [-0.25, -0.2) is 9.48 Å². The number of hydrogen-bond donors (Lipinski definition) is 1. The number of aryl methyl sites for hydroxylation is 2. The minimum atomic E-state index is 0. The van der Waals surface area contributed by atoms with Gasteiger partial charge in [-0.05, 0) is 50.9 Å². The fraction of sp³-hybridized carbons (Fsp3) is 0.850. The summed E-state index contributed by atoms with van der Waals surface area (Å²) in [5.74, 6) is 3.74. The first-order valence-electron chi connectivity index (χ1n) is 11.0. The number of guanidine groups is 1. The van der Waals surface area contributed by atoms with Crippen molar-refractivity contribution < 1.29 is 0 Å². The van der Waals surface area contributed by atoms with E-state index in [9.17, 15) is 4.79 Å². The Bertz CT molecular complexity index is 713. The molecule has 0 radical (unpaired) electrons. The molecule has 1 aliphatic carbocycles. The lowest BCUT2D eigenvalue weighted by molar-refractivity contribution is 0.299. The van der Waals surface area contributed by atoms with Crippen molar-refractivity contribution in [2.24, 2.45) is 16.8 Å². The van der Waals surface area contributed by atoms with Crippen molar-refractivity contribution in [2.45, 2.75) is 71.4 Å². The normalized spacial score (nSPS) is 24.5. The van der Waals surface area contributed by atoms with Crippen molar-refractivity contribution in [1.82, 2.24) is 24.6 Å². The molecule has 28 heavy (non-hydrogen) atoms. The monoisotopic (exact) mass is 502 g/mol. The number of nitrogens with zero attached hydrogens (tertiary/aromatic N) is 5. The zero-order chi connectivity index (χ0) is 18.6. The average Bonchev–Trinajstić information content (AvgIpc) is 3.26. The zero-order valence-electron chi connectivity index (χ0n) is 17.1. The van der Waals surface area contributed by atoms with E-state index in [1.54, 1.807) is 4.68 Å². The number of nitrogens with one attached hydrogen (secondary N) is 1. The molecule has 1 N–H and O–H groups in total. The Morgan fingerprint density at radius 2 is 1.93 bits per heavy atom. The van der Waals surface area contributed by atoms with Gasteiger partial charge >= 0.3 is 5.69 Å². The molecule has 7 nitrogen and oxygen atoms in total. The summed E-state index contributed by atoms with van der Waals surface area (Å²) in [5.41, 5.74) is 0.0594. The van der Waals surface area contributed by atoms with Crippen LogP contribution in [0.25, 0.3) is 0 Å². The molecule has 0 aromatic carbocycles. The molecule has 1 saturated carbocycles. The van der Waals surface area contributed by atoms with Crippen molar-refractivity contribution in [3.8, 4) is 0 Å². The molecule has 0 bridgehead atoms. The second-order valence-electron chi connectivity index (χ2n) is 8.33. The van der Waals surface area contributed by atoms with E-state index in [-0.39, 0.29) is 29.7 Å². The van der Waals surface area contributed by atoms with E-state index in [4.69, 9.17) is 4.99 Å². The SMILES string of the molecule is CCNC(=NCCCn1nc2n(c1=O)CCCC2)N1CC2CCCCC2C1.I. The van der Waals surface area contributed by atoms with Gasteiger partial charge in [-0.3, -0.25) is 9.56 Å². The quantitative estimate of drug-likeness (QED) is 0.291. The third kappa shape index (κ3) is 4.74. The molecule has 0 spiro atoms. The summed E-state index contributed by atoms with van der Waals surface area (Å²) in [6.07, 6.45) is 9.58. The van der Waals surface area contributed by atoms with E-state index in [1.165, 1.54) is 25.7 Å². The van der Waals surface area contributed by atoms with Crippen LogP contribution in [0.5, 0.6) is 0 Å². The van der Waals surface area contributed by atoms with Crippen molar-refractivity contribution in [2.75, 3.05) is 26.2 Å². The molecular formula is C20H35IN6O. The minimum Gasteiger partial charge on any atom is -0.357 e. The van der Waals surface area contributed by atoms with Gasteiger partial charge in [0.25, 0.3) is 0 Å². The van der Waals surface area contributed by atoms with Crippen LogP contribution in [0.3, 0.4) is 0 Å². The van der Waals surface area contributed by atoms with Gasteiger partial charge in [0.05, 0.1) is 0 Å². The number of hydrogen-bond acceptors (Lipinski definition) is 3. The number of aliphatic imine (C=N–C) groups is 1. The molecule has 8 heteroatoms. The third-order valence-corrected chi connectivity index (χ3v) is 6.43. The average molecular weight is 502 g/mol. The highest BCUT2D eigenvalue weighted by atomic mass is 127. The lowest BCUT2D eigenvalue weighted by Crippen LogP contribution is -2.40. The first-order valence-corrected chi connectivity index (χ1v) is 11.0. The summed E-state index contributed by atoms with van der Waals surface area (Å²) in [7, 11) is 0. The first-order chi connectivity index (χ1) is 13.3. The summed E-state index contributed by atoms with van der Waals surface area (Å²) in [4.78, 5) is 19.7. The van der Waals surface area contributed by atoms with E-state index in [0.717, 1.165) is 82.0 Å². The van der Waals surface area contributed by atoms with Crippen LogP contribution in [0.1, 0.15) is 57.7 Å². The fourth-order valence-electron chi connectivity index (χ4n) is 5.00. The van der Waals surface area contributed by atoms with Crippen molar-refractivity contribution >= 4 is 29.9 Å². The number of likely N-dealkylation sites (tertiary alicyclic amines) is 1. The van der Waals surface area contributed by atoms with E-state index in [1.807, 2.05) is 4.57 Å². The van der Waals surface area contributed by atoms with Gasteiger partial charge < -0.3 is 10.2 Å². The highest BCUT2D eigenvalue weighted by Gasteiger charge is 2.35. The Morgan fingerprint density at radius 3 is 2.61 bits per heavy atom.